The molecule has 0 spiro atoms. The third-order valence-corrected chi connectivity index (χ3v) is 5.03. The van der Waals surface area contributed by atoms with E-state index in [9.17, 15) is 21.6 Å². The summed E-state index contributed by atoms with van der Waals surface area (Å²) in [6.45, 7) is 1.74. The molecule has 0 saturated heterocycles. The van der Waals surface area contributed by atoms with Crippen molar-refractivity contribution in [3.63, 3.8) is 0 Å². The van der Waals surface area contributed by atoms with Gasteiger partial charge in [0, 0.05) is 23.7 Å². The van der Waals surface area contributed by atoms with Gasteiger partial charge in [-0.25, -0.2) is 18.1 Å². The highest BCUT2D eigenvalue weighted by atomic mass is 32.2. The molecule has 0 fully saturated rings. The molecule has 0 aliphatic heterocycles. The monoisotopic (exact) mass is 396 g/mol. The van der Waals surface area contributed by atoms with E-state index in [1.165, 1.54) is 12.1 Å². The van der Waals surface area contributed by atoms with Crippen LogP contribution in [0.2, 0.25) is 0 Å². The summed E-state index contributed by atoms with van der Waals surface area (Å²) in [7, 11) is -3.48. The number of nitrogens with two attached hydrogens (primary N) is 1. The Balaban J connectivity index is 2.19. The van der Waals surface area contributed by atoms with Gasteiger partial charge >= 0.3 is 6.18 Å². The van der Waals surface area contributed by atoms with Crippen molar-refractivity contribution in [1.29, 1.82) is 0 Å². The van der Waals surface area contributed by atoms with Crippen molar-refractivity contribution in [3.05, 3.63) is 53.9 Å². The number of aryl methyl sites for hydroxylation is 1. The standard InChI is InChI=1S/C17H15F3N4O2S/c1-10-7-11(3-5-13(10)21)14-8-15(17(18,19)20)23-24(14)16-6-4-12(9-22-16)27(2,25)26/h3-9H,21H2,1-2H3. The summed E-state index contributed by atoms with van der Waals surface area (Å²) in [5, 5.41) is 3.62. The molecule has 142 valence electrons. The summed E-state index contributed by atoms with van der Waals surface area (Å²) in [6.07, 6.45) is -2.55. The van der Waals surface area contributed by atoms with Crippen LogP contribution in [0.4, 0.5) is 18.9 Å². The molecule has 6 nitrogen and oxygen atoms in total. The summed E-state index contributed by atoms with van der Waals surface area (Å²) in [6, 6.07) is 8.31. The van der Waals surface area contributed by atoms with Gasteiger partial charge in [-0.3, -0.25) is 0 Å². The number of pyridine rings is 1. The molecule has 0 radical (unpaired) electrons. The van der Waals surface area contributed by atoms with E-state index in [0.717, 1.165) is 23.2 Å². The molecule has 0 amide bonds. The van der Waals surface area contributed by atoms with Crippen molar-refractivity contribution >= 4 is 15.5 Å². The number of nitrogens with zero attached hydrogens (tertiary/aromatic N) is 3. The predicted octanol–water partition coefficient (Wildman–Crippen LogP) is 3.25. The summed E-state index contributed by atoms with van der Waals surface area (Å²) < 4.78 is 63.7. The number of sulfone groups is 1. The highest BCUT2D eigenvalue weighted by Gasteiger charge is 2.35. The van der Waals surface area contributed by atoms with E-state index in [1.807, 2.05) is 0 Å². The van der Waals surface area contributed by atoms with Crippen LogP contribution in [0.1, 0.15) is 11.3 Å². The minimum atomic E-state index is -4.64. The Labute approximate surface area is 153 Å². The Kier molecular flexibility index (Phi) is 4.46. The zero-order valence-electron chi connectivity index (χ0n) is 14.3. The highest BCUT2D eigenvalue weighted by Crippen LogP contribution is 2.33. The van der Waals surface area contributed by atoms with Gasteiger partial charge in [0.05, 0.1) is 10.6 Å². The van der Waals surface area contributed by atoms with Crippen LogP contribution < -0.4 is 5.73 Å². The molecule has 0 atom stereocenters. The number of hydrogen-bond acceptors (Lipinski definition) is 5. The maximum absolute atomic E-state index is 13.2. The van der Waals surface area contributed by atoms with Crippen molar-refractivity contribution in [2.75, 3.05) is 12.0 Å². The van der Waals surface area contributed by atoms with Crippen LogP contribution in [-0.2, 0) is 16.0 Å². The quantitative estimate of drug-likeness (QED) is 0.687. The second kappa shape index (κ2) is 6.38. The van der Waals surface area contributed by atoms with Gasteiger partial charge in [-0.05, 0) is 42.8 Å². The van der Waals surface area contributed by atoms with Crippen LogP contribution in [0.25, 0.3) is 17.1 Å². The van der Waals surface area contributed by atoms with Gasteiger partial charge in [0.1, 0.15) is 0 Å². The van der Waals surface area contributed by atoms with Crippen LogP contribution in [0.15, 0.2) is 47.5 Å². The maximum Gasteiger partial charge on any atom is 0.435 e. The first-order valence-corrected chi connectivity index (χ1v) is 9.56. The van der Waals surface area contributed by atoms with Crippen molar-refractivity contribution in [1.82, 2.24) is 14.8 Å². The van der Waals surface area contributed by atoms with Gasteiger partial charge in [0.2, 0.25) is 0 Å². The topological polar surface area (TPSA) is 90.9 Å². The van der Waals surface area contributed by atoms with Crippen LogP contribution >= 0.6 is 0 Å². The van der Waals surface area contributed by atoms with E-state index in [4.69, 9.17) is 5.73 Å². The maximum atomic E-state index is 13.2. The minimum Gasteiger partial charge on any atom is -0.399 e. The predicted molar refractivity (Wildman–Crippen MR) is 94.1 cm³/mol. The largest absolute Gasteiger partial charge is 0.435 e. The lowest BCUT2D eigenvalue weighted by molar-refractivity contribution is -0.141. The van der Waals surface area contributed by atoms with E-state index in [1.54, 1.807) is 25.1 Å². The van der Waals surface area contributed by atoms with E-state index < -0.39 is 21.7 Å². The van der Waals surface area contributed by atoms with Gasteiger partial charge < -0.3 is 5.73 Å². The first-order chi connectivity index (χ1) is 12.5. The molecule has 0 saturated carbocycles. The van der Waals surface area contributed by atoms with E-state index in [2.05, 4.69) is 10.1 Å². The lowest BCUT2D eigenvalue weighted by Crippen LogP contribution is -2.08. The summed E-state index contributed by atoms with van der Waals surface area (Å²) in [4.78, 5) is 3.92. The number of nitrogen functional groups attached to an aromatic ring is 1. The molecule has 0 aliphatic rings. The Hall–Kier alpha value is -2.88. The minimum absolute atomic E-state index is 0.0423. The van der Waals surface area contributed by atoms with Crippen LogP contribution in [0, 0.1) is 6.92 Å². The van der Waals surface area contributed by atoms with Crippen molar-refractivity contribution < 1.29 is 21.6 Å². The molecule has 2 N–H and O–H groups in total. The number of aromatic nitrogens is 3. The van der Waals surface area contributed by atoms with E-state index in [0.29, 0.717) is 16.8 Å². The molecule has 10 heteroatoms. The number of anilines is 1. The molecule has 27 heavy (non-hydrogen) atoms. The van der Waals surface area contributed by atoms with Gasteiger partial charge in [0.15, 0.2) is 21.3 Å². The zero-order chi connectivity index (χ0) is 20.0. The van der Waals surface area contributed by atoms with E-state index >= 15 is 0 Å². The lowest BCUT2D eigenvalue weighted by Gasteiger charge is -2.09. The Morgan fingerprint density at radius 1 is 1.11 bits per heavy atom. The van der Waals surface area contributed by atoms with Crippen LogP contribution in [-0.4, -0.2) is 29.4 Å². The number of hydrogen-bond donors (Lipinski definition) is 1. The van der Waals surface area contributed by atoms with Crippen molar-refractivity contribution in [2.45, 2.75) is 18.0 Å². The number of rotatable bonds is 3. The number of halogens is 3. The third-order valence-electron chi connectivity index (χ3n) is 3.93. The van der Waals surface area contributed by atoms with Gasteiger partial charge in [0.25, 0.3) is 0 Å². The fourth-order valence-electron chi connectivity index (χ4n) is 2.45. The second-order valence-corrected chi connectivity index (χ2v) is 8.04. The molecular weight excluding hydrogens is 381 g/mol. The molecule has 2 aromatic heterocycles. The molecule has 3 rings (SSSR count). The molecular formula is C17H15F3N4O2S. The average molecular weight is 396 g/mol. The zero-order valence-corrected chi connectivity index (χ0v) is 15.1. The Bertz CT molecular complexity index is 1100. The summed E-state index contributed by atoms with van der Waals surface area (Å²) in [5.74, 6) is 0.0578. The molecule has 2 heterocycles. The average Bonchev–Trinajstić information content (AvgIpc) is 3.02. The van der Waals surface area contributed by atoms with Gasteiger partial charge in [-0.2, -0.15) is 18.3 Å². The molecule has 0 aliphatic carbocycles. The molecule has 1 aromatic carbocycles. The fraction of sp³-hybridized carbons (Fsp3) is 0.176. The number of benzene rings is 1. The molecule has 0 unspecified atom stereocenters. The fourth-order valence-corrected chi connectivity index (χ4v) is 3.01. The van der Waals surface area contributed by atoms with Crippen molar-refractivity contribution in [3.8, 4) is 17.1 Å². The van der Waals surface area contributed by atoms with Gasteiger partial charge in [-0.15, -0.1) is 0 Å². The summed E-state index contributed by atoms with van der Waals surface area (Å²) >= 11 is 0. The number of alkyl halides is 3. The van der Waals surface area contributed by atoms with Crippen LogP contribution in [0.5, 0.6) is 0 Å². The van der Waals surface area contributed by atoms with E-state index in [-0.39, 0.29) is 16.4 Å². The Morgan fingerprint density at radius 3 is 2.33 bits per heavy atom. The first-order valence-electron chi connectivity index (χ1n) is 7.67. The Morgan fingerprint density at radius 2 is 1.81 bits per heavy atom. The smallest absolute Gasteiger partial charge is 0.399 e. The SMILES string of the molecule is Cc1cc(-c2cc(C(F)(F)F)nn2-c2ccc(S(C)(=O)=O)cn2)ccc1N. The van der Waals surface area contributed by atoms with Gasteiger partial charge in [-0.1, -0.05) is 6.07 Å². The summed E-state index contributed by atoms with van der Waals surface area (Å²) in [5.41, 5.74) is 6.54. The molecule has 3 aromatic rings. The third kappa shape index (κ3) is 3.80. The normalized spacial score (nSPS) is 12.3. The highest BCUT2D eigenvalue weighted by molar-refractivity contribution is 7.90. The van der Waals surface area contributed by atoms with Crippen molar-refractivity contribution in [2.24, 2.45) is 0 Å². The van der Waals surface area contributed by atoms with Crippen LogP contribution in [0.3, 0.4) is 0 Å². The first kappa shape index (κ1) is 18.9. The second-order valence-electron chi connectivity index (χ2n) is 6.02. The lowest BCUT2D eigenvalue weighted by atomic mass is 10.1. The molecule has 0 bridgehead atoms.